The summed E-state index contributed by atoms with van der Waals surface area (Å²) in [6.07, 6.45) is 3.58. The molecule has 3 aromatic heterocycles. The van der Waals surface area contributed by atoms with E-state index in [9.17, 15) is 12.8 Å². The quantitative estimate of drug-likeness (QED) is 0.358. The van der Waals surface area contributed by atoms with Gasteiger partial charge in [0.05, 0.1) is 31.9 Å². The fraction of sp³-hybridized carbons (Fsp3) is 0.261. The highest BCUT2D eigenvalue weighted by molar-refractivity contribution is 7.93. The highest BCUT2D eigenvalue weighted by Gasteiger charge is 2.29. The fourth-order valence-electron chi connectivity index (χ4n) is 3.55. The molecule has 0 saturated carbocycles. The maximum absolute atomic E-state index is 13.3. The number of methoxy groups -OCH3 is 2. The molecule has 0 radical (unpaired) electrons. The molecule has 1 atom stereocenters. The minimum Gasteiger partial charge on any atom is -0.494 e. The number of halogens is 1. The molecule has 13 heteroatoms. The topological polar surface area (TPSA) is 134 Å². The maximum Gasteiger partial charge on any atom is 0.243 e. The molecule has 4 rings (SSSR count). The average molecular weight is 514 g/mol. The Kier molecular flexibility index (Phi) is 7.10. The lowest BCUT2D eigenvalue weighted by Gasteiger charge is -2.19. The molecule has 0 spiro atoms. The van der Waals surface area contributed by atoms with Gasteiger partial charge in [-0.3, -0.25) is 14.3 Å². The minimum atomic E-state index is -4.01. The number of ether oxygens (including phenoxy) is 2. The van der Waals surface area contributed by atoms with Gasteiger partial charge in [0.15, 0.2) is 11.6 Å². The van der Waals surface area contributed by atoms with Crippen molar-refractivity contribution in [3.63, 3.8) is 0 Å². The van der Waals surface area contributed by atoms with Crippen LogP contribution in [0.25, 0.3) is 17.1 Å². The predicted molar refractivity (Wildman–Crippen MR) is 130 cm³/mol. The molecular formula is C23H24FN7O4S. The third-order valence-electron chi connectivity index (χ3n) is 5.44. The van der Waals surface area contributed by atoms with Gasteiger partial charge in [-0.15, -0.1) is 10.2 Å². The van der Waals surface area contributed by atoms with Gasteiger partial charge in [-0.2, -0.15) is 0 Å². The van der Waals surface area contributed by atoms with Crippen LogP contribution in [0.15, 0.2) is 48.9 Å². The second kappa shape index (κ2) is 10.2. The second-order valence-corrected chi connectivity index (χ2v) is 9.91. The number of nitrogens with zero attached hydrogens (tertiary/aromatic N) is 6. The molecule has 188 valence electrons. The summed E-state index contributed by atoms with van der Waals surface area (Å²) < 4.78 is 54.9. The van der Waals surface area contributed by atoms with Crippen LogP contribution in [0.4, 0.5) is 10.3 Å². The van der Waals surface area contributed by atoms with Crippen molar-refractivity contribution in [2.75, 3.05) is 18.9 Å². The molecule has 0 saturated heterocycles. The van der Waals surface area contributed by atoms with Crippen LogP contribution >= 0.6 is 0 Å². The van der Waals surface area contributed by atoms with Crippen molar-refractivity contribution >= 4 is 16.0 Å². The normalized spacial score (nSPS) is 12.2. The van der Waals surface area contributed by atoms with E-state index in [0.717, 1.165) is 12.4 Å². The summed E-state index contributed by atoms with van der Waals surface area (Å²) in [5, 5.41) is 7.45. The van der Waals surface area contributed by atoms with E-state index in [1.54, 1.807) is 36.5 Å². The van der Waals surface area contributed by atoms with E-state index in [1.165, 1.54) is 25.7 Å². The second-order valence-electron chi connectivity index (χ2n) is 7.81. The Bertz CT molecular complexity index is 1450. The van der Waals surface area contributed by atoms with E-state index in [1.807, 2.05) is 6.92 Å². The minimum absolute atomic E-state index is 0.0453. The van der Waals surface area contributed by atoms with Gasteiger partial charge in [-0.1, -0.05) is 6.07 Å². The van der Waals surface area contributed by atoms with Crippen molar-refractivity contribution in [1.29, 1.82) is 0 Å². The van der Waals surface area contributed by atoms with E-state index < -0.39 is 21.1 Å². The van der Waals surface area contributed by atoms with Crippen LogP contribution in [0.5, 0.6) is 11.5 Å². The number of sulfonamides is 1. The van der Waals surface area contributed by atoms with Crippen molar-refractivity contribution in [2.45, 2.75) is 25.5 Å². The first-order valence-electron chi connectivity index (χ1n) is 10.8. The monoisotopic (exact) mass is 513 g/mol. The molecule has 1 aromatic carbocycles. The Labute approximate surface area is 207 Å². The Balaban J connectivity index is 1.82. The molecule has 36 heavy (non-hydrogen) atoms. The number of para-hydroxylation sites is 1. The molecule has 0 fully saturated rings. The standard InChI is InChI=1S/C23H24FN7O4S/c1-14(11-20-26-12-16(24)13-27-20)36(32,33)30-23-29-28-22(17-7-6-10-25-15(17)2)31(23)21-18(34-3)8-5-9-19(21)35-4/h5-10,12-14H,11H2,1-4H3,(H,29,30)/t14-/m0/s1. The summed E-state index contributed by atoms with van der Waals surface area (Å²) in [7, 11) is -1.03. The zero-order valence-corrected chi connectivity index (χ0v) is 20.8. The molecule has 11 nitrogen and oxygen atoms in total. The van der Waals surface area contributed by atoms with Gasteiger partial charge >= 0.3 is 0 Å². The van der Waals surface area contributed by atoms with Gasteiger partial charge in [0.1, 0.15) is 23.0 Å². The maximum atomic E-state index is 13.3. The highest BCUT2D eigenvalue weighted by Crippen LogP contribution is 2.38. The van der Waals surface area contributed by atoms with E-state index in [-0.39, 0.29) is 18.2 Å². The summed E-state index contributed by atoms with van der Waals surface area (Å²) in [5.74, 6) is 0.645. The lowest BCUT2D eigenvalue weighted by atomic mass is 10.2. The first-order valence-corrected chi connectivity index (χ1v) is 12.4. The molecule has 0 unspecified atom stereocenters. The first-order chi connectivity index (χ1) is 17.2. The number of benzene rings is 1. The number of hydrogen-bond acceptors (Lipinski definition) is 9. The Morgan fingerprint density at radius 3 is 2.31 bits per heavy atom. The summed E-state index contributed by atoms with van der Waals surface area (Å²) in [5.41, 5.74) is 1.70. The van der Waals surface area contributed by atoms with Crippen LogP contribution in [-0.2, 0) is 16.4 Å². The van der Waals surface area contributed by atoms with Crippen molar-refractivity contribution in [3.05, 3.63) is 66.3 Å². The molecule has 0 aliphatic heterocycles. The van der Waals surface area contributed by atoms with Crippen LogP contribution in [0.1, 0.15) is 18.4 Å². The molecule has 0 bridgehead atoms. The smallest absolute Gasteiger partial charge is 0.243 e. The fourth-order valence-corrected chi connectivity index (χ4v) is 4.50. The van der Waals surface area contributed by atoms with Crippen LogP contribution in [-0.4, -0.2) is 57.6 Å². The Hall–Kier alpha value is -4.13. The van der Waals surface area contributed by atoms with Crippen molar-refractivity contribution in [3.8, 4) is 28.6 Å². The number of anilines is 1. The predicted octanol–water partition coefficient (Wildman–Crippen LogP) is 2.96. The lowest BCUT2D eigenvalue weighted by Crippen LogP contribution is -2.29. The zero-order chi connectivity index (χ0) is 25.9. The van der Waals surface area contributed by atoms with Gasteiger partial charge < -0.3 is 9.47 Å². The number of aryl methyl sites for hydroxylation is 1. The van der Waals surface area contributed by atoms with E-state index in [2.05, 4.69) is 29.9 Å². The van der Waals surface area contributed by atoms with Gasteiger partial charge in [-0.05, 0) is 38.1 Å². The zero-order valence-electron chi connectivity index (χ0n) is 20.0. The summed E-state index contributed by atoms with van der Waals surface area (Å²) in [6, 6.07) is 8.72. The van der Waals surface area contributed by atoms with Crippen LogP contribution in [0, 0.1) is 12.7 Å². The van der Waals surface area contributed by atoms with Gasteiger partial charge in [0, 0.05) is 23.9 Å². The van der Waals surface area contributed by atoms with E-state index in [4.69, 9.17) is 9.47 Å². The van der Waals surface area contributed by atoms with Gasteiger partial charge in [0.2, 0.25) is 16.0 Å². The van der Waals surface area contributed by atoms with Gasteiger partial charge in [-0.25, -0.2) is 22.8 Å². The molecule has 4 aromatic rings. The SMILES string of the molecule is COc1cccc(OC)c1-n1c(NS(=O)(=O)[C@@H](C)Cc2ncc(F)cn2)nnc1-c1cccnc1C. The number of rotatable bonds is 9. The number of pyridine rings is 1. The third kappa shape index (κ3) is 4.96. The molecule has 3 heterocycles. The van der Waals surface area contributed by atoms with Crippen molar-refractivity contribution in [1.82, 2.24) is 29.7 Å². The molecule has 0 amide bonds. The number of nitrogens with one attached hydrogen (secondary N) is 1. The summed E-state index contributed by atoms with van der Waals surface area (Å²) >= 11 is 0. The Morgan fingerprint density at radius 2 is 1.69 bits per heavy atom. The van der Waals surface area contributed by atoms with Crippen LogP contribution in [0.3, 0.4) is 0 Å². The lowest BCUT2D eigenvalue weighted by molar-refractivity contribution is 0.391. The molecule has 0 aliphatic carbocycles. The number of hydrogen-bond donors (Lipinski definition) is 1. The third-order valence-corrected chi connectivity index (χ3v) is 7.14. The molecule has 0 aliphatic rings. The summed E-state index contributed by atoms with van der Waals surface area (Å²) in [6.45, 7) is 3.30. The van der Waals surface area contributed by atoms with E-state index in [0.29, 0.717) is 34.3 Å². The summed E-state index contributed by atoms with van der Waals surface area (Å²) in [4.78, 5) is 12.0. The Morgan fingerprint density at radius 1 is 1.03 bits per heavy atom. The van der Waals surface area contributed by atoms with Gasteiger partial charge in [0.25, 0.3) is 0 Å². The average Bonchev–Trinajstić information content (AvgIpc) is 3.26. The van der Waals surface area contributed by atoms with Crippen molar-refractivity contribution in [2.24, 2.45) is 0 Å². The number of aromatic nitrogens is 6. The molecule has 1 N–H and O–H groups in total. The largest absolute Gasteiger partial charge is 0.494 e. The highest BCUT2D eigenvalue weighted by atomic mass is 32.2. The van der Waals surface area contributed by atoms with E-state index >= 15 is 0 Å². The van der Waals surface area contributed by atoms with Crippen LogP contribution in [0.2, 0.25) is 0 Å². The van der Waals surface area contributed by atoms with Crippen LogP contribution < -0.4 is 14.2 Å². The first kappa shape index (κ1) is 25.0. The molecular weight excluding hydrogens is 489 g/mol. The van der Waals surface area contributed by atoms with Crippen molar-refractivity contribution < 1.29 is 22.3 Å².